The molecule has 2 rings (SSSR count). The van der Waals surface area contributed by atoms with E-state index in [2.05, 4.69) is 44.4 Å². The van der Waals surface area contributed by atoms with Crippen molar-refractivity contribution in [2.24, 2.45) is 0 Å². The van der Waals surface area contributed by atoms with Gasteiger partial charge in [-0.25, -0.2) is 0 Å². The lowest BCUT2D eigenvalue weighted by Gasteiger charge is -2.13. The summed E-state index contributed by atoms with van der Waals surface area (Å²) in [5.74, 6) is 0. The molecule has 0 nitrogen and oxygen atoms in total. The lowest BCUT2D eigenvalue weighted by molar-refractivity contribution is 0.885. The van der Waals surface area contributed by atoms with E-state index in [1.165, 1.54) is 29.5 Å². The summed E-state index contributed by atoms with van der Waals surface area (Å²) in [5, 5.41) is 0. The van der Waals surface area contributed by atoms with Crippen LogP contribution in [0, 0.1) is 6.92 Å². The van der Waals surface area contributed by atoms with Crippen LogP contribution in [0.4, 0.5) is 0 Å². The maximum atomic E-state index is 3.96. The minimum Gasteiger partial charge on any atom is -0.103 e. The van der Waals surface area contributed by atoms with Crippen LogP contribution in [0.2, 0.25) is 0 Å². The SMILES string of the molecule is C=CCCc1ccc(C2(C=C)CC2)cc1C. The topological polar surface area (TPSA) is 0 Å². The molecule has 1 aromatic carbocycles. The van der Waals surface area contributed by atoms with E-state index >= 15 is 0 Å². The third-order valence-electron chi connectivity index (χ3n) is 3.71. The minimum absolute atomic E-state index is 0.307. The van der Waals surface area contributed by atoms with Gasteiger partial charge in [0.15, 0.2) is 0 Å². The zero-order valence-electron chi connectivity index (χ0n) is 10.1. The second-order valence-corrected chi connectivity index (χ2v) is 4.83. The highest BCUT2D eigenvalue weighted by Crippen LogP contribution is 2.49. The number of benzene rings is 1. The second kappa shape index (κ2) is 4.29. The molecule has 0 saturated heterocycles. The molecular weight excluding hydrogens is 192 g/mol. The largest absolute Gasteiger partial charge is 0.103 e. The first-order valence-corrected chi connectivity index (χ1v) is 6.06. The zero-order valence-corrected chi connectivity index (χ0v) is 10.1. The Balaban J connectivity index is 2.22. The highest BCUT2D eigenvalue weighted by atomic mass is 14.4. The zero-order chi connectivity index (χ0) is 11.6. The van der Waals surface area contributed by atoms with Crippen molar-refractivity contribution in [3.05, 3.63) is 60.2 Å². The Labute approximate surface area is 98.7 Å². The molecule has 0 spiro atoms. The molecule has 1 aromatic rings. The molecule has 0 radical (unpaired) electrons. The molecule has 1 aliphatic rings. The van der Waals surface area contributed by atoms with Gasteiger partial charge in [-0.15, -0.1) is 13.2 Å². The molecule has 0 bridgehead atoms. The van der Waals surface area contributed by atoms with E-state index in [4.69, 9.17) is 0 Å². The Morgan fingerprint density at radius 2 is 2.06 bits per heavy atom. The van der Waals surface area contributed by atoms with E-state index in [1.807, 2.05) is 6.08 Å². The maximum Gasteiger partial charge on any atom is 0.0130 e. The number of aryl methyl sites for hydroxylation is 2. The van der Waals surface area contributed by atoms with Crippen LogP contribution >= 0.6 is 0 Å². The van der Waals surface area contributed by atoms with Crippen LogP contribution in [0.15, 0.2) is 43.5 Å². The summed E-state index contributed by atoms with van der Waals surface area (Å²) in [4.78, 5) is 0. The average Bonchev–Trinajstić information content (AvgIpc) is 3.08. The van der Waals surface area contributed by atoms with Crippen molar-refractivity contribution in [3.8, 4) is 0 Å². The number of hydrogen-bond acceptors (Lipinski definition) is 0. The standard InChI is InChI=1S/C16H20/c1-4-6-7-14-8-9-15(12-13(14)3)16(5-2)10-11-16/h4-5,8-9,12H,1-2,6-7,10-11H2,3H3. The van der Waals surface area contributed by atoms with E-state index in [9.17, 15) is 0 Å². The fourth-order valence-corrected chi connectivity index (χ4v) is 2.29. The summed E-state index contributed by atoms with van der Waals surface area (Å²) >= 11 is 0. The van der Waals surface area contributed by atoms with Gasteiger partial charge >= 0.3 is 0 Å². The summed E-state index contributed by atoms with van der Waals surface area (Å²) in [6.07, 6.45) is 8.80. The number of hydrogen-bond donors (Lipinski definition) is 0. The molecule has 0 heteroatoms. The lowest BCUT2D eigenvalue weighted by Crippen LogP contribution is -2.03. The van der Waals surface area contributed by atoms with Crippen LogP contribution < -0.4 is 0 Å². The van der Waals surface area contributed by atoms with Crippen LogP contribution in [0.25, 0.3) is 0 Å². The first-order chi connectivity index (χ1) is 7.72. The maximum absolute atomic E-state index is 3.96. The summed E-state index contributed by atoms with van der Waals surface area (Å²) in [6, 6.07) is 6.89. The predicted octanol–water partition coefficient (Wildman–Crippen LogP) is 4.33. The van der Waals surface area contributed by atoms with Crippen molar-refractivity contribution in [1.29, 1.82) is 0 Å². The van der Waals surface area contributed by atoms with Crippen LogP contribution in [-0.2, 0) is 11.8 Å². The van der Waals surface area contributed by atoms with Gasteiger partial charge in [0.05, 0.1) is 0 Å². The van der Waals surface area contributed by atoms with Crippen molar-refractivity contribution < 1.29 is 0 Å². The lowest BCUT2D eigenvalue weighted by atomic mass is 9.92. The molecule has 16 heavy (non-hydrogen) atoms. The monoisotopic (exact) mass is 212 g/mol. The molecule has 0 N–H and O–H groups in total. The molecule has 0 atom stereocenters. The molecule has 84 valence electrons. The summed E-state index contributed by atoms with van der Waals surface area (Å²) in [6.45, 7) is 9.94. The van der Waals surface area contributed by atoms with E-state index in [0.29, 0.717) is 5.41 Å². The fourth-order valence-electron chi connectivity index (χ4n) is 2.29. The normalized spacial score (nSPS) is 16.8. The Morgan fingerprint density at radius 1 is 1.31 bits per heavy atom. The van der Waals surface area contributed by atoms with Gasteiger partial charge in [-0.2, -0.15) is 0 Å². The Morgan fingerprint density at radius 3 is 2.56 bits per heavy atom. The molecule has 0 unspecified atom stereocenters. The van der Waals surface area contributed by atoms with Crippen molar-refractivity contribution in [2.75, 3.05) is 0 Å². The van der Waals surface area contributed by atoms with Gasteiger partial charge in [-0.05, 0) is 49.3 Å². The van der Waals surface area contributed by atoms with Crippen molar-refractivity contribution in [2.45, 2.75) is 38.0 Å². The summed E-state index contributed by atoms with van der Waals surface area (Å²) < 4.78 is 0. The van der Waals surface area contributed by atoms with Crippen molar-refractivity contribution in [1.82, 2.24) is 0 Å². The Kier molecular flexibility index (Phi) is 3.00. The first-order valence-electron chi connectivity index (χ1n) is 6.06. The van der Waals surface area contributed by atoms with E-state index < -0.39 is 0 Å². The van der Waals surface area contributed by atoms with Gasteiger partial charge in [-0.3, -0.25) is 0 Å². The quantitative estimate of drug-likeness (QED) is 0.637. The highest BCUT2D eigenvalue weighted by molar-refractivity contribution is 5.41. The predicted molar refractivity (Wildman–Crippen MR) is 70.8 cm³/mol. The second-order valence-electron chi connectivity index (χ2n) is 4.83. The molecular formula is C16H20. The molecule has 1 fully saturated rings. The molecule has 0 aliphatic heterocycles. The minimum atomic E-state index is 0.307. The number of rotatable bonds is 5. The molecule has 1 saturated carbocycles. The number of allylic oxidation sites excluding steroid dienone is 2. The average molecular weight is 212 g/mol. The van der Waals surface area contributed by atoms with Gasteiger partial charge in [0.1, 0.15) is 0 Å². The van der Waals surface area contributed by atoms with Crippen molar-refractivity contribution >= 4 is 0 Å². The fraction of sp³-hybridized carbons (Fsp3) is 0.375. The smallest absolute Gasteiger partial charge is 0.0130 e. The highest BCUT2D eigenvalue weighted by Gasteiger charge is 2.41. The van der Waals surface area contributed by atoms with Crippen molar-refractivity contribution in [3.63, 3.8) is 0 Å². The van der Waals surface area contributed by atoms with Crippen LogP contribution in [-0.4, -0.2) is 0 Å². The third kappa shape index (κ3) is 1.97. The van der Waals surface area contributed by atoms with Gasteiger partial charge in [-0.1, -0.05) is 30.4 Å². The third-order valence-corrected chi connectivity index (χ3v) is 3.71. The Hall–Kier alpha value is -1.30. The molecule has 0 aromatic heterocycles. The first kappa shape index (κ1) is 11.2. The summed E-state index contributed by atoms with van der Waals surface area (Å²) in [7, 11) is 0. The van der Waals surface area contributed by atoms with Crippen LogP contribution in [0.5, 0.6) is 0 Å². The van der Waals surface area contributed by atoms with E-state index in [1.54, 1.807) is 0 Å². The molecule has 1 aliphatic carbocycles. The van der Waals surface area contributed by atoms with Crippen LogP contribution in [0.1, 0.15) is 36.0 Å². The van der Waals surface area contributed by atoms with Gasteiger partial charge in [0.25, 0.3) is 0 Å². The van der Waals surface area contributed by atoms with Gasteiger partial charge < -0.3 is 0 Å². The van der Waals surface area contributed by atoms with E-state index in [-0.39, 0.29) is 0 Å². The van der Waals surface area contributed by atoms with Gasteiger partial charge in [0, 0.05) is 5.41 Å². The molecule has 0 heterocycles. The van der Waals surface area contributed by atoms with Crippen LogP contribution in [0.3, 0.4) is 0 Å². The summed E-state index contributed by atoms with van der Waals surface area (Å²) in [5.41, 5.74) is 4.61. The molecule has 0 amide bonds. The van der Waals surface area contributed by atoms with Gasteiger partial charge in [0.2, 0.25) is 0 Å². The Bertz CT molecular complexity index is 408. The van der Waals surface area contributed by atoms with E-state index in [0.717, 1.165) is 12.8 Å².